The number of carbonyl (C=O) groups is 2. The van der Waals surface area contributed by atoms with Crippen LogP contribution in [-0.2, 0) is 4.79 Å². The molecule has 0 aliphatic heterocycles. The van der Waals surface area contributed by atoms with E-state index < -0.39 is 10.9 Å². The zero-order valence-electron chi connectivity index (χ0n) is 14.6. The lowest BCUT2D eigenvalue weighted by molar-refractivity contribution is -0.384. The summed E-state index contributed by atoms with van der Waals surface area (Å²) in [6.07, 6.45) is 0. The summed E-state index contributed by atoms with van der Waals surface area (Å²) in [6, 6.07) is 20.6. The summed E-state index contributed by atoms with van der Waals surface area (Å²) in [5.41, 5.74) is 0.902. The minimum atomic E-state index is -0.704. The molecule has 0 N–H and O–H groups in total. The van der Waals surface area contributed by atoms with Crippen molar-refractivity contribution in [3.63, 3.8) is 0 Å². The molecule has 0 atom stereocenters. The van der Waals surface area contributed by atoms with Gasteiger partial charge in [0.2, 0.25) is 0 Å². The fourth-order valence-electron chi connectivity index (χ4n) is 2.42. The third kappa shape index (κ3) is 4.79. The van der Waals surface area contributed by atoms with Gasteiger partial charge in [-0.25, -0.2) is 4.79 Å². The lowest BCUT2D eigenvalue weighted by atomic mass is 10.0. The Morgan fingerprint density at radius 2 is 1.50 bits per heavy atom. The molecular formula is C21H15NO6. The van der Waals surface area contributed by atoms with Gasteiger partial charge < -0.3 is 9.47 Å². The second-order valence-electron chi connectivity index (χ2n) is 5.74. The summed E-state index contributed by atoms with van der Waals surface area (Å²) >= 11 is 0. The summed E-state index contributed by atoms with van der Waals surface area (Å²) in [5.74, 6) is -0.366. The number of rotatable bonds is 7. The predicted octanol–water partition coefficient (Wildman–Crippen LogP) is 3.81. The predicted molar refractivity (Wildman–Crippen MR) is 101 cm³/mol. The summed E-state index contributed by atoms with van der Waals surface area (Å²) < 4.78 is 10.4. The summed E-state index contributed by atoms with van der Waals surface area (Å²) in [5, 5.41) is 10.7. The molecule has 0 saturated carbocycles. The third-order valence-corrected chi connectivity index (χ3v) is 3.77. The Labute approximate surface area is 160 Å². The number of benzene rings is 3. The van der Waals surface area contributed by atoms with Crippen LogP contribution in [-0.4, -0.2) is 23.3 Å². The lowest BCUT2D eigenvalue weighted by Gasteiger charge is -2.07. The minimum absolute atomic E-state index is 0.0617. The van der Waals surface area contributed by atoms with E-state index in [9.17, 15) is 19.7 Å². The monoisotopic (exact) mass is 377 g/mol. The second-order valence-corrected chi connectivity index (χ2v) is 5.74. The molecule has 0 saturated heterocycles. The van der Waals surface area contributed by atoms with Gasteiger partial charge in [0.1, 0.15) is 11.5 Å². The smallest absolute Gasteiger partial charge is 0.349 e. The molecule has 0 aromatic heterocycles. The Bertz CT molecular complexity index is 999. The largest absolute Gasteiger partial charge is 0.482 e. The molecule has 0 aliphatic carbocycles. The van der Waals surface area contributed by atoms with Crippen molar-refractivity contribution in [1.82, 2.24) is 0 Å². The first-order valence-corrected chi connectivity index (χ1v) is 8.31. The molecule has 7 nitrogen and oxygen atoms in total. The van der Waals surface area contributed by atoms with Gasteiger partial charge >= 0.3 is 5.97 Å². The zero-order chi connectivity index (χ0) is 19.9. The SMILES string of the molecule is O=C(COc1ccc(C(=O)c2ccccc2)cc1)Oc1cccc([N+](=O)[O-])c1. The first kappa shape index (κ1) is 18.8. The molecular weight excluding hydrogens is 362 g/mol. The molecule has 7 heteroatoms. The number of esters is 1. The number of ketones is 1. The quantitative estimate of drug-likeness (QED) is 0.204. The zero-order valence-corrected chi connectivity index (χ0v) is 14.6. The van der Waals surface area contributed by atoms with E-state index in [1.165, 1.54) is 18.2 Å². The number of non-ortho nitro benzene ring substituents is 1. The Kier molecular flexibility index (Phi) is 5.76. The Morgan fingerprint density at radius 3 is 2.18 bits per heavy atom. The molecule has 140 valence electrons. The maximum Gasteiger partial charge on any atom is 0.349 e. The van der Waals surface area contributed by atoms with E-state index in [-0.39, 0.29) is 23.8 Å². The van der Waals surface area contributed by atoms with Crippen molar-refractivity contribution in [3.05, 3.63) is 100 Å². The molecule has 3 rings (SSSR count). The Morgan fingerprint density at radius 1 is 0.821 bits per heavy atom. The lowest BCUT2D eigenvalue weighted by Crippen LogP contribution is -2.17. The number of nitro benzene ring substituents is 1. The molecule has 0 unspecified atom stereocenters. The van der Waals surface area contributed by atoms with Gasteiger partial charge in [0.05, 0.1) is 11.0 Å². The highest BCUT2D eigenvalue weighted by molar-refractivity contribution is 6.08. The minimum Gasteiger partial charge on any atom is -0.482 e. The van der Waals surface area contributed by atoms with Crippen molar-refractivity contribution < 1.29 is 24.0 Å². The van der Waals surface area contributed by atoms with Gasteiger partial charge in [-0.05, 0) is 30.3 Å². The van der Waals surface area contributed by atoms with Crippen molar-refractivity contribution in [2.24, 2.45) is 0 Å². The van der Waals surface area contributed by atoms with E-state index in [4.69, 9.17) is 9.47 Å². The third-order valence-electron chi connectivity index (χ3n) is 3.77. The van der Waals surface area contributed by atoms with Gasteiger partial charge in [-0.1, -0.05) is 36.4 Å². The first-order valence-electron chi connectivity index (χ1n) is 8.31. The summed E-state index contributed by atoms with van der Waals surface area (Å²) in [6.45, 7) is -0.380. The van der Waals surface area contributed by atoms with Crippen LogP contribution in [0, 0.1) is 10.1 Å². The average Bonchev–Trinajstić information content (AvgIpc) is 2.73. The number of hydrogen-bond acceptors (Lipinski definition) is 6. The Hall–Kier alpha value is -4.00. The van der Waals surface area contributed by atoms with Crippen LogP contribution >= 0.6 is 0 Å². The van der Waals surface area contributed by atoms with Crippen molar-refractivity contribution in [1.29, 1.82) is 0 Å². The van der Waals surface area contributed by atoms with E-state index in [0.717, 1.165) is 6.07 Å². The van der Waals surface area contributed by atoms with Gasteiger partial charge in [-0.2, -0.15) is 0 Å². The maximum atomic E-state index is 12.3. The van der Waals surface area contributed by atoms with Gasteiger partial charge in [0, 0.05) is 17.2 Å². The van der Waals surface area contributed by atoms with Gasteiger partial charge in [0.15, 0.2) is 12.4 Å². The van der Waals surface area contributed by atoms with E-state index in [1.807, 2.05) is 6.07 Å². The van der Waals surface area contributed by atoms with Gasteiger partial charge in [-0.3, -0.25) is 14.9 Å². The summed E-state index contributed by atoms with van der Waals surface area (Å²) in [7, 11) is 0. The molecule has 0 aliphatic rings. The second kappa shape index (κ2) is 8.59. The molecule has 28 heavy (non-hydrogen) atoms. The van der Waals surface area contributed by atoms with Crippen LogP contribution in [0.2, 0.25) is 0 Å². The normalized spacial score (nSPS) is 10.1. The number of nitro groups is 1. The van der Waals surface area contributed by atoms with Crippen LogP contribution in [0.1, 0.15) is 15.9 Å². The van der Waals surface area contributed by atoms with Crippen LogP contribution in [0.4, 0.5) is 5.69 Å². The van der Waals surface area contributed by atoms with Crippen molar-refractivity contribution in [2.75, 3.05) is 6.61 Å². The molecule has 3 aromatic rings. The molecule has 0 fully saturated rings. The van der Waals surface area contributed by atoms with Crippen LogP contribution in [0.15, 0.2) is 78.9 Å². The van der Waals surface area contributed by atoms with E-state index in [2.05, 4.69) is 0 Å². The van der Waals surface area contributed by atoms with Crippen molar-refractivity contribution in [3.8, 4) is 11.5 Å². The van der Waals surface area contributed by atoms with Crippen LogP contribution < -0.4 is 9.47 Å². The van der Waals surface area contributed by atoms with Crippen molar-refractivity contribution >= 4 is 17.4 Å². The number of carbonyl (C=O) groups excluding carboxylic acids is 2. The van der Waals surface area contributed by atoms with E-state index in [0.29, 0.717) is 16.9 Å². The average molecular weight is 377 g/mol. The van der Waals surface area contributed by atoms with E-state index in [1.54, 1.807) is 48.5 Å². The molecule has 0 radical (unpaired) electrons. The highest BCUT2D eigenvalue weighted by Crippen LogP contribution is 2.20. The molecule has 0 heterocycles. The highest BCUT2D eigenvalue weighted by atomic mass is 16.6. The number of ether oxygens (including phenoxy) is 2. The number of hydrogen-bond donors (Lipinski definition) is 0. The van der Waals surface area contributed by atoms with Gasteiger partial charge in [0.25, 0.3) is 5.69 Å². The summed E-state index contributed by atoms with van der Waals surface area (Å²) in [4.78, 5) is 34.4. The van der Waals surface area contributed by atoms with E-state index >= 15 is 0 Å². The molecule has 0 bridgehead atoms. The van der Waals surface area contributed by atoms with Gasteiger partial charge in [-0.15, -0.1) is 0 Å². The van der Waals surface area contributed by atoms with Crippen LogP contribution in [0.5, 0.6) is 11.5 Å². The topological polar surface area (TPSA) is 95.7 Å². The Balaban J connectivity index is 1.56. The van der Waals surface area contributed by atoms with Crippen LogP contribution in [0.3, 0.4) is 0 Å². The molecule has 0 spiro atoms. The highest BCUT2D eigenvalue weighted by Gasteiger charge is 2.12. The molecule has 3 aromatic carbocycles. The van der Waals surface area contributed by atoms with Crippen LogP contribution in [0.25, 0.3) is 0 Å². The fraction of sp³-hybridized carbons (Fsp3) is 0.0476. The standard InChI is InChI=1S/C21H15NO6/c23-20(28-19-8-4-7-17(13-19)22(25)26)14-27-18-11-9-16(10-12-18)21(24)15-5-2-1-3-6-15/h1-13H,14H2. The fourth-order valence-corrected chi connectivity index (χ4v) is 2.42. The van der Waals surface area contributed by atoms with Crippen molar-refractivity contribution in [2.45, 2.75) is 0 Å². The number of nitrogens with zero attached hydrogens (tertiary/aromatic N) is 1. The molecule has 0 amide bonds. The first-order chi connectivity index (χ1) is 13.5. The maximum absolute atomic E-state index is 12.3.